The molecule has 2 N–H and O–H groups in total. The molecule has 0 bridgehead atoms. The number of rotatable bonds is 4. The minimum absolute atomic E-state index is 0.0541. The third kappa shape index (κ3) is 3.94. The zero-order chi connectivity index (χ0) is 18.5. The lowest BCUT2D eigenvalue weighted by Gasteiger charge is -2.25. The first-order chi connectivity index (χ1) is 12.6. The molecule has 1 aliphatic rings. The predicted octanol–water partition coefficient (Wildman–Crippen LogP) is 2.41. The summed E-state index contributed by atoms with van der Waals surface area (Å²) in [5, 5.41) is 6.66. The number of ether oxygens (including phenoxy) is 3. The van der Waals surface area contributed by atoms with Gasteiger partial charge in [-0.05, 0) is 30.5 Å². The van der Waals surface area contributed by atoms with Crippen molar-refractivity contribution in [2.75, 3.05) is 18.5 Å². The van der Waals surface area contributed by atoms with Crippen LogP contribution in [0, 0.1) is 0 Å². The molecular weight excluding hydrogens is 360 g/mol. The van der Waals surface area contributed by atoms with Crippen LogP contribution in [0.25, 0.3) is 0 Å². The number of benzene rings is 1. The molecule has 0 saturated heterocycles. The maximum absolute atomic E-state index is 12.4. The van der Waals surface area contributed by atoms with Gasteiger partial charge in [0.25, 0.3) is 11.8 Å². The zero-order valence-electron chi connectivity index (χ0n) is 13.8. The molecule has 0 radical (unpaired) electrons. The Morgan fingerprint density at radius 2 is 2.00 bits per heavy atom. The van der Waals surface area contributed by atoms with Crippen LogP contribution in [-0.2, 0) is 9.53 Å². The molecule has 0 unspecified atom stereocenters. The number of fused-ring (bicyclic) bond motifs is 1. The lowest BCUT2D eigenvalue weighted by Crippen LogP contribution is -2.40. The Hall–Kier alpha value is -3.07. The highest BCUT2D eigenvalue weighted by atomic mass is 32.1. The molecule has 0 spiro atoms. The second kappa shape index (κ2) is 7.87. The number of nitrogens with one attached hydrogen (secondary N) is 2. The van der Waals surface area contributed by atoms with Gasteiger partial charge in [0.2, 0.25) is 6.10 Å². The molecule has 3 rings (SSSR count). The standard InChI is InChI=1S/C17H16N2O6S/c1-2-23-17(22)19-14(20)10-7-8-26-16(10)18-15(21)13-9-24-11-5-3-4-6-12(11)25-13/h3-8,13H,2,9H2,1H3,(H,18,21)(H,19,20,22)/t13-/m0/s1. The Bertz CT molecular complexity index is 834. The van der Waals surface area contributed by atoms with Gasteiger partial charge in [-0.1, -0.05) is 12.1 Å². The normalized spacial score (nSPS) is 15.0. The minimum atomic E-state index is -0.854. The number of amides is 3. The highest BCUT2D eigenvalue weighted by molar-refractivity contribution is 7.14. The van der Waals surface area contributed by atoms with Crippen LogP contribution in [-0.4, -0.2) is 37.2 Å². The Morgan fingerprint density at radius 1 is 1.23 bits per heavy atom. The number of para-hydroxylation sites is 2. The summed E-state index contributed by atoms with van der Waals surface area (Å²) in [6.45, 7) is 1.83. The van der Waals surface area contributed by atoms with Crippen LogP contribution in [0.3, 0.4) is 0 Å². The lowest BCUT2D eigenvalue weighted by atomic mass is 10.2. The molecule has 1 atom stereocenters. The van der Waals surface area contributed by atoms with Crippen LogP contribution in [0.4, 0.5) is 9.80 Å². The fourth-order valence-corrected chi connectivity index (χ4v) is 3.04. The van der Waals surface area contributed by atoms with Crippen molar-refractivity contribution in [2.24, 2.45) is 0 Å². The van der Waals surface area contributed by atoms with E-state index in [4.69, 9.17) is 9.47 Å². The van der Waals surface area contributed by atoms with Crippen molar-refractivity contribution in [3.8, 4) is 11.5 Å². The van der Waals surface area contributed by atoms with E-state index in [2.05, 4.69) is 15.4 Å². The molecule has 3 amide bonds. The van der Waals surface area contributed by atoms with Crippen molar-refractivity contribution in [2.45, 2.75) is 13.0 Å². The van der Waals surface area contributed by atoms with Crippen molar-refractivity contribution in [1.29, 1.82) is 0 Å². The van der Waals surface area contributed by atoms with Gasteiger partial charge in [-0.2, -0.15) is 0 Å². The third-order valence-corrected chi connectivity index (χ3v) is 4.27. The SMILES string of the molecule is CCOC(=O)NC(=O)c1ccsc1NC(=O)[C@@H]1COc2ccccc2O1. The molecule has 1 aliphatic heterocycles. The summed E-state index contributed by atoms with van der Waals surface area (Å²) < 4.78 is 15.8. The van der Waals surface area contributed by atoms with Gasteiger partial charge < -0.3 is 19.5 Å². The van der Waals surface area contributed by atoms with Crippen LogP contribution in [0.5, 0.6) is 11.5 Å². The van der Waals surface area contributed by atoms with Gasteiger partial charge >= 0.3 is 6.09 Å². The van der Waals surface area contributed by atoms with Crippen molar-refractivity contribution >= 4 is 34.2 Å². The van der Waals surface area contributed by atoms with Gasteiger partial charge in [-0.15, -0.1) is 11.3 Å². The highest BCUT2D eigenvalue weighted by Gasteiger charge is 2.28. The minimum Gasteiger partial charge on any atom is -0.485 e. The predicted molar refractivity (Wildman–Crippen MR) is 93.8 cm³/mol. The Labute approximate surface area is 153 Å². The van der Waals surface area contributed by atoms with Gasteiger partial charge in [0.15, 0.2) is 11.5 Å². The highest BCUT2D eigenvalue weighted by Crippen LogP contribution is 2.31. The van der Waals surface area contributed by atoms with Crippen molar-refractivity contribution in [3.63, 3.8) is 0 Å². The Morgan fingerprint density at radius 3 is 2.77 bits per heavy atom. The maximum Gasteiger partial charge on any atom is 0.414 e. The molecule has 136 valence electrons. The summed E-state index contributed by atoms with van der Waals surface area (Å²) in [4.78, 5) is 35.9. The number of alkyl carbamates (subject to hydrolysis) is 1. The van der Waals surface area contributed by atoms with Crippen molar-refractivity contribution in [1.82, 2.24) is 5.32 Å². The number of hydrogen-bond acceptors (Lipinski definition) is 7. The van der Waals surface area contributed by atoms with Crippen molar-refractivity contribution < 1.29 is 28.6 Å². The third-order valence-electron chi connectivity index (χ3n) is 3.44. The second-order valence-corrected chi connectivity index (χ2v) is 6.11. The fourth-order valence-electron chi connectivity index (χ4n) is 2.25. The van der Waals surface area contributed by atoms with Crippen LogP contribution in [0.15, 0.2) is 35.7 Å². The smallest absolute Gasteiger partial charge is 0.414 e. The van der Waals surface area contributed by atoms with E-state index in [0.29, 0.717) is 16.5 Å². The van der Waals surface area contributed by atoms with E-state index in [1.807, 2.05) is 6.07 Å². The van der Waals surface area contributed by atoms with Gasteiger partial charge in [-0.3, -0.25) is 14.9 Å². The number of thiophene rings is 1. The first-order valence-electron chi connectivity index (χ1n) is 7.83. The molecule has 1 aromatic carbocycles. The molecule has 2 heterocycles. The number of carbonyl (C=O) groups excluding carboxylic acids is 3. The average molecular weight is 376 g/mol. The summed E-state index contributed by atoms with van der Waals surface area (Å²) in [6.07, 6.45) is -1.70. The van der Waals surface area contributed by atoms with Gasteiger partial charge in [0.05, 0.1) is 12.2 Å². The molecule has 1 aromatic heterocycles. The number of imide groups is 1. The zero-order valence-corrected chi connectivity index (χ0v) is 14.6. The van der Waals surface area contributed by atoms with Crippen LogP contribution in [0.1, 0.15) is 17.3 Å². The van der Waals surface area contributed by atoms with E-state index in [1.165, 1.54) is 6.07 Å². The topological polar surface area (TPSA) is 103 Å². The lowest BCUT2D eigenvalue weighted by molar-refractivity contribution is -0.125. The summed E-state index contributed by atoms with van der Waals surface area (Å²) in [5.41, 5.74) is 0.161. The molecule has 8 nitrogen and oxygen atoms in total. The van der Waals surface area contributed by atoms with Crippen LogP contribution >= 0.6 is 11.3 Å². The van der Waals surface area contributed by atoms with E-state index in [1.54, 1.807) is 30.5 Å². The van der Waals surface area contributed by atoms with E-state index < -0.39 is 24.0 Å². The number of anilines is 1. The molecule has 26 heavy (non-hydrogen) atoms. The summed E-state index contributed by atoms with van der Waals surface area (Å²) >= 11 is 1.15. The van der Waals surface area contributed by atoms with Gasteiger partial charge in [0, 0.05) is 0 Å². The maximum atomic E-state index is 12.4. The summed E-state index contributed by atoms with van der Waals surface area (Å²) in [5.74, 6) is -0.0640. The van der Waals surface area contributed by atoms with E-state index in [9.17, 15) is 14.4 Å². The van der Waals surface area contributed by atoms with Crippen LogP contribution in [0.2, 0.25) is 0 Å². The Kier molecular flexibility index (Phi) is 5.37. The van der Waals surface area contributed by atoms with Gasteiger partial charge in [0.1, 0.15) is 11.6 Å². The molecule has 0 fully saturated rings. The monoisotopic (exact) mass is 376 g/mol. The second-order valence-electron chi connectivity index (χ2n) is 5.19. The van der Waals surface area contributed by atoms with Crippen molar-refractivity contribution in [3.05, 3.63) is 41.3 Å². The molecule has 2 aromatic rings. The number of carbonyl (C=O) groups is 3. The van der Waals surface area contributed by atoms with Crippen LogP contribution < -0.4 is 20.1 Å². The number of hydrogen-bond donors (Lipinski definition) is 2. The molecule has 9 heteroatoms. The fraction of sp³-hybridized carbons (Fsp3) is 0.235. The van der Waals surface area contributed by atoms with Gasteiger partial charge in [-0.25, -0.2) is 4.79 Å². The summed E-state index contributed by atoms with van der Waals surface area (Å²) in [7, 11) is 0. The first kappa shape index (κ1) is 17.7. The molecule has 0 aliphatic carbocycles. The van der Waals surface area contributed by atoms with E-state index in [-0.39, 0.29) is 18.8 Å². The van der Waals surface area contributed by atoms with E-state index >= 15 is 0 Å². The largest absolute Gasteiger partial charge is 0.485 e. The molecular formula is C17H16N2O6S. The average Bonchev–Trinajstić information content (AvgIpc) is 3.09. The quantitative estimate of drug-likeness (QED) is 0.849. The first-order valence-corrected chi connectivity index (χ1v) is 8.71. The Balaban J connectivity index is 1.65. The van der Waals surface area contributed by atoms with E-state index in [0.717, 1.165) is 11.3 Å². The molecule has 0 saturated carbocycles. The summed E-state index contributed by atoms with van der Waals surface area (Å²) in [6, 6.07) is 8.54.